The molecule has 21 heavy (non-hydrogen) atoms. The first-order valence-corrected chi connectivity index (χ1v) is 7.67. The summed E-state index contributed by atoms with van der Waals surface area (Å²) in [5, 5.41) is 3.04. The lowest BCUT2D eigenvalue weighted by Crippen LogP contribution is -2.70. The van der Waals surface area contributed by atoms with Gasteiger partial charge in [0.15, 0.2) is 6.10 Å². The molecule has 0 unspecified atom stereocenters. The molecule has 3 saturated heterocycles. The van der Waals surface area contributed by atoms with Crippen LogP contribution < -0.4 is 5.32 Å². The number of morpholine rings is 1. The van der Waals surface area contributed by atoms with Crippen molar-refractivity contribution in [3.05, 3.63) is 35.9 Å². The first-order chi connectivity index (χ1) is 9.94. The van der Waals surface area contributed by atoms with E-state index in [1.807, 2.05) is 26.8 Å². The van der Waals surface area contributed by atoms with Crippen LogP contribution in [0.4, 0.5) is 0 Å². The molecule has 0 radical (unpaired) electrons. The second-order valence-electron chi connectivity index (χ2n) is 7.11. The Bertz CT molecular complexity index is 507. The van der Waals surface area contributed by atoms with E-state index in [4.69, 9.17) is 4.74 Å². The Morgan fingerprint density at radius 3 is 2.67 bits per heavy atom. The molecule has 3 aliphatic heterocycles. The Hall–Kier alpha value is -1.39. The monoisotopic (exact) mass is 288 g/mol. The molecule has 4 rings (SSSR count). The molecule has 3 fully saturated rings. The van der Waals surface area contributed by atoms with Gasteiger partial charge in [0.25, 0.3) is 5.91 Å². The van der Waals surface area contributed by atoms with E-state index in [0.717, 1.165) is 13.0 Å². The van der Waals surface area contributed by atoms with Crippen LogP contribution in [-0.2, 0) is 16.1 Å². The lowest BCUT2D eigenvalue weighted by molar-refractivity contribution is -0.187. The lowest BCUT2D eigenvalue weighted by atomic mass is 9.85. The molecule has 1 aromatic rings. The molecule has 4 heteroatoms. The van der Waals surface area contributed by atoms with Crippen LogP contribution in [0.5, 0.6) is 0 Å². The molecule has 0 spiro atoms. The Labute approximate surface area is 126 Å². The van der Waals surface area contributed by atoms with Gasteiger partial charge in [0.2, 0.25) is 0 Å². The van der Waals surface area contributed by atoms with Crippen molar-refractivity contribution < 1.29 is 9.53 Å². The number of benzene rings is 1. The molecule has 3 heterocycles. The molecule has 3 atom stereocenters. The highest BCUT2D eigenvalue weighted by Gasteiger charge is 2.50. The van der Waals surface area contributed by atoms with Crippen LogP contribution in [0.15, 0.2) is 30.3 Å². The average Bonchev–Trinajstić information content (AvgIpc) is 2.44. The van der Waals surface area contributed by atoms with Crippen LogP contribution in [0.1, 0.15) is 32.8 Å². The minimum absolute atomic E-state index is 0.0173. The first-order valence-electron chi connectivity index (χ1n) is 7.67. The number of carbonyl (C=O) groups is 1. The number of rotatable bonds is 3. The van der Waals surface area contributed by atoms with Crippen molar-refractivity contribution >= 4 is 5.91 Å². The molecule has 114 valence electrons. The van der Waals surface area contributed by atoms with Crippen LogP contribution in [0, 0.1) is 0 Å². The van der Waals surface area contributed by atoms with Gasteiger partial charge in [-0.05, 0) is 32.8 Å². The zero-order chi connectivity index (χ0) is 15.0. The van der Waals surface area contributed by atoms with E-state index < -0.39 is 0 Å². The van der Waals surface area contributed by atoms with Gasteiger partial charge in [0.05, 0.1) is 6.61 Å². The van der Waals surface area contributed by atoms with Crippen LogP contribution in [0.2, 0.25) is 0 Å². The second-order valence-corrected chi connectivity index (χ2v) is 7.11. The van der Waals surface area contributed by atoms with Crippen molar-refractivity contribution in [1.29, 1.82) is 0 Å². The minimum atomic E-state index is -0.335. The number of amides is 1. The normalized spacial score (nSPS) is 28.8. The molecule has 0 saturated carbocycles. The number of nitrogens with zero attached hydrogens (tertiary/aromatic N) is 1. The highest BCUT2D eigenvalue weighted by atomic mass is 16.5. The van der Waals surface area contributed by atoms with Crippen molar-refractivity contribution in [1.82, 2.24) is 10.2 Å². The number of hydrogen-bond donors (Lipinski definition) is 1. The molecule has 2 bridgehead atoms. The molecule has 3 aliphatic rings. The average molecular weight is 288 g/mol. The van der Waals surface area contributed by atoms with Gasteiger partial charge in [-0.1, -0.05) is 30.3 Å². The quantitative estimate of drug-likeness (QED) is 0.924. The number of nitrogens with one attached hydrogen (secondary N) is 1. The number of carbonyl (C=O) groups excluding carboxylic acids is 1. The first kappa shape index (κ1) is 14.5. The SMILES string of the molecule is CC(C)(C)NC(=O)[C@H]1OC[C@H]2C[C@@H]1N2Cc1ccccc1. The Kier molecular flexibility index (Phi) is 3.76. The summed E-state index contributed by atoms with van der Waals surface area (Å²) in [7, 11) is 0. The van der Waals surface area contributed by atoms with Gasteiger partial charge in [0.1, 0.15) is 0 Å². The Morgan fingerprint density at radius 1 is 1.33 bits per heavy atom. The summed E-state index contributed by atoms with van der Waals surface area (Å²) in [5.41, 5.74) is 1.08. The standard InChI is InChI=1S/C17H24N2O2/c1-17(2,3)18-16(20)15-14-9-13(11-21-15)19(14)10-12-7-5-4-6-8-12/h4-8,13-15H,9-11H2,1-3H3,(H,18,20)/t13-,14+,15+/m1/s1. The summed E-state index contributed by atoms with van der Waals surface area (Å²) in [5.74, 6) is 0.0173. The molecule has 4 nitrogen and oxygen atoms in total. The van der Waals surface area contributed by atoms with Gasteiger partial charge in [-0.15, -0.1) is 0 Å². The highest BCUT2D eigenvalue weighted by molar-refractivity contribution is 5.82. The van der Waals surface area contributed by atoms with Gasteiger partial charge in [-0.25, -0.2) is 0 Å². The van der Waals surface area contributed by atoms with E-state index in [1.54, 1.807) is 0 Å². The fourth-order valence-electron chi connectivity index (χ4n) is 3.20. The highest BCUT2D eigenvalue weighted by Crippen LogP contribution is 2.36. The number of fused-ring (bicyclic) bond motifs is 2. The van der Waals surface area contributed by atoms with E-state index in [1.165, 1.54) is 5.56 Å². The van der Waals surface area contributed by atoms with Crippen LogP contribution in [0.3, 0.4) is 0 Å². The van der Waals surface area contributed by atoms with Gasteiger partial charge in [-0.2, -0.15) is 0 Å². The van der Waals surface area contributed by atoms with E-state index >= 15 is 0 Å². The van der Waals surface area contributed by atoms with Crippen LogP contribution >= 0.6 is 0 Å². The van der Waals surface area contributed by atoms with E-state index in [9.17, 15) is 4.79 Å². The maximum atomic E-state index is 12.4. The summed E-state index contributed by atoms with van der Waals surface area (Å²) in [4.78, 5) is 14.8. The second kappa shape index (κ2) is 5.43. The summed E-state index contributed by atoms with van der Waals surface area (Å²) in [6.45, 7) is 7.56. The van der Waals surface area contributed by atoms with Crippen LogP contribution in [0.25, 0.3) is 0 Å². The molecule has 0 aromatic heterocycles. The zero-order valence-electron chi connectivity index (χ0n) is 13.0. The number of hydrogen-bond acceptors (Lipinski definition) is 3. The van der Waals surface area contributed by atoms with Crippen molar-refractivity contribution in [2.75, 3.05) is 6.61 Å². The zero-order valence-corrected chi connectivity index (χ0v) is 13.0. The minimum Gasteiger partial charge on any atom is -0.365 e. The summed E-state index contributed by atoms with van der Waals surface area (Å²) >= 11 is 0. The van der Waals surface area contributed by atoms with Crippen molar-refractivity contribution in [3.63, 3.8) is 0 Å². The molecule has 1 N–H and O–H groups in total. The maximum Gasteiger partial charge on any atom is 0.251 e. The Morgan fingerprint density at radius 2 is 2.05 bits per heavy atom. The fraction of sp³-hybridized carbons (Fsp3) is 0.588. The maximum absolute atomic E-state index is 12.4. The third kappa shape index (κ3) is 3.11. The summed E-state index contributed by atoms with van der Waals surface area (Å²) < 4.78 is 5.76. The summed E-state index contributed by atoms with van der Waals surface area (Å²) in [6.07, 6.45) is 0.729. The Balaban J connectivity index is 1.65. The van der Waals surface area contributed by atoms with Gasteiger partial charge >= 0.3 is 0 Å². The number of ether oxygens (including phenoxy) is 1. The van der Waals surface area contributed by atoms with E-state index in [2.05, 4.69) is 34.5 Å². The molecule has 1 aromatic carbocycles. The van der Waals surface area contributed by atoms with Gasteiger partial charge < -0.3 is 10.1 Å². The molecule has 0 aliphatic carbocycles. The topological polar surface area (TPSA) is 41.6 Å². The van der Waals surface area contributed by atoms with Gasteiger partial charge in [-0.3, -0.25) is 9.69 Å². The molecule has 1 amide bonds. The smallest absolute Gasteiger partial charge is 0.251 e. The van der Waals surface area contributed by atoms with Crippen molar-refractivity contribution in [2.24, 2.45) is 0 Å². The fourth-order valence-corrected chi connectivity index (χ4v) is 3.20. The van der Waals surface area contributed by atoms with Crippen LogP contribution in [-0.4, -0.2) is 41.1 Å². The molecular weight excluding hydrogens is 264 g/mol. The predicted octanol–water partition coefficient (Wildman–Crippen LogP) is 1.94. The lowest BCUT2D eigenvalue weighted by Gasteiger charge is -2.55. The molecular formula is C17H24N2O2. The predicted molar refractivity (Wildman–Crippen MR) is 81.8 cm³/mol. The van der Waals surface area contributed by atoms with Crippen molar-refractivity contribution in [2.45, 2.75) is 57.5 Å². The third-order valence-corrected chi connectivity index (χ3v) is 4.19. The largest absolute Gasteiger partial charge is 0.365 e. The summed E-state index contributed by atoms with van der Waals surface area (Å²) in [6, 6.07) is 11.1. The van der Waals surface area contributed by atoms with Crippen molar-refractivity contribution in [3.8, 4) is 0 Å². The third-order valence-electron chi connectivity index (χ3n) is 4.19. The van der Waals surface area contributed by atoms with Gasteiger partial charge in [0, 0.05) is 24.2 Å². The van der Waals surface area contributed by atoms with E-state index in [0.29, 0.717) is 12.6 Å². The van der Waals surface area contributed by atoms with E-state index in [-0.39, 0.29) is 23.6 Å².